The fourth-order valence-electron chi connectivity index (χ4n) is 2.35. The molecule has 0 aliphatic heterocycles. The zero-order valence-corrected chi connectivity index (χ0v) is 13.4. The molecule has 0 fully saturated rings. The number of benzene rings is 2. The van der Waals surface area contributed by atoms with Crippen LogP contribution in [-0.2, 0) is 6.42 Å². The normalized spacial score (nSPS) is 10.4. The highest BCUT2D eigenvalue weighted by atomic mass is 16.6. The first-order chi connectivity index (χ1) is 12.0. The zero-order valence-electron chi connectivity index (χ0n) is 13.4. The third-order valence-corrected chi connectivity index (χ3v) is 3.65. The van der Waals surface area contributed by atoms with Crippen LogP contribution in [-0.4, -0.2) is 20.1 Å². The Balaban J connectivity index is 1.79. The molecule has 0 saturated heterocycles. The van der Waals surface area contributed by atoms with Crippen LogP contribution in [0.3, 0.4) is 0 Å². The number of H-pyrrole nitrogens is 1. The molecule has 2 aromatic carbocycles. The number of rotatable bonds is 5. The van der Waals surface area contributed by atoms with E-state index in [2.05, 4.69) is 20.5 Å². The van der Waals surface area contributed by atoms with Crippen LogP contribution in [0, 0.1) is 17.0 Å². The lowest BCUT2D eigenvalue weighted by Crippen LogP contribution is -2.19. The number of hydrogen-bond acceptors (Lipinski definition) is 6. The number of nitro benzene ring substituents is 1. The zero-order chi connectivity index (χ0) is 17.8. The molecule has 0 atom stereocenters. The van der Waals surface area contributed by atoms with Gasteiger partial charge in [0.2, 0.25) is 5.95 Å². The lowest BCUT2D eigenvalue weighted by Gasteiger charge is -2.08. The van der Waals surface area contributed by atoms with Gasteiger partial charge in [-0.25, -0.2) is 0 Å². The standard InChI is InChI=1S/C17H15N5O3/c1-11-9-13(22(24)25)7-8-14(11)18-17-19-16(23)15(20-21-17)10-12-5-3-2-4-6-12/h2-9H,10H2,1H3,(H2,18,19,21,23). The van der Waals surface area contributed by atoms with E-state index in [1.807, 2.05) is 30.3 Å². The highest BCUT2D eigenvalue weighted by molar-refractivity contribution is 5.60. The lowest BCUT2D eigenvalue weighted by atomic mass is 10.1. The molecule has 1 heterocycles. The summed E-state index contributed by atoms with van der Waals surface area (Å²) in [6.07, 6.45) is 0.389. The number of hydrogen-bond donors (Lipinski definition) is 2. The van der Waals surface area contributed by atoms with Crippen LogP contribution in [0.5, 0.6) is 0 Å². The first-order valence-electron chi connectivity index (χ1n) is 7.55. The molecule has 1 aromatic heterocycles. The van der Waals surface area contributed by atoms with Gasteiger partial charge in [0.05, 0.1) is 4.92 Å². The summed E-state index contributed by atoms with van der Waals surface area (Å²) in [5.41, 5.74) is 2.21. The average Bonchev–Trinajstić information content (AvgIpc) is 2.60. The van der Waals surface area contributed by atoms with E-state index in [0.29, 0.717) is 23.4 Å². The van der Waals surface area contributed by atoms with E-state index in [0.717, 1.165) is 5.56 Å². The minimum Gasteiger partial charge on any atom is -0.324 e. The lowest BCUT2D eigenvalue weighted by molar-refractivity contribution is -0.384. The van der Waals surface area contributed by atoms with Crippen molar-refractivity contribution >= 4 is 17.3 Å². The molecular weight excluding hydrogens is 322 g/mol. The number of nitrogens with one attached hydrogen (secondary N) is 2. The molecule has 0 bridgehead atoms. The topological polar surface area (TPSA) is 114 Å². The van der Waals surface area contributed by atoms with Gasteiger partial charge in [-0.05, 0) is 24.1 Å². The highest BCUT2D eigenvalue weighted by Crippen LogP contribution is 2.22. The maximum absolute atomic E-state index is 12.2. The van der Waals surface area contributed by atoms with E-state index in [1.54, 1.807) is 13.0 Å². The summed E-state index contributed by atoms with van der Waals surface area (Å²) in [4.78, 5) is 25.1. The number of nitrogens with zero attached hydrogens (tertiary/aromatic N) is 3. The van der Waals surface area contributed by atoms with Gasteiger partial charge in [0, 0.05) is 24.2 Å². The second-order valence-corrected chi connectivity index (χ2v) is 5.49. The van der Waals surface area contributed by atoms with Gasteiger partial charge < -0.3 is 5.32 Å². The Morgan fingerprint density at radius 1 is 1.16 bits per heavy atom. The van der Waals surface area contributed by atoms with Gasteiger partial charge in [-0.2, -0.15) is 0 Å². The summed E-state index contributed by atoms with van der Waals surface area (Å²) in [6, 6.07) is 13.9. The van der Waals surface area contributed by atoms with Gasteiger partial charge in [-0.1, -0.05) is 30.3 Å². The van der Waals surface area contributed by atoms with Crippen molar-refractivity contribution in [2.75, 3.05) is 5.32 Å². The molecular formula is C17H15N5O3. The molecule has 0 amide bonds. The van der Waals surface area contributed by atoms with Crippen LogP contribution in [0.4, 0.5) is 17.3 Å². The predicted molar refractivity (Wildman–Crippen MR) is 93.0 cm³/mol. The molecule has 2 N–H and O–H groups in total. The van der Waals surface area contributed by atoms with Gasteiger partial charge >= 0.3 is 0 Å². The number of aromatic amines is 1. The third kappa shape index (κ3) is 3.86. The predicted octanol–water partition coefficient (Wildman–Crippen LogP) is 2.72. The largest absolute Gasteiger partial charge is 0.324 e. The molecule has 0 aliphatic carbocycles. The molecule has 0 aliphatic rings. The van der Waals surface area contributed by atoms with E-state index in [4.69, 9.17) is 0 Å². The number of nitro groups is 1. The first-order valence-corrected chi connectivity index (χ1v) is 7.55. The van der Waals surface area contributed by atoms with Gasteiger partial charge in [-0.3, -0.25) is 19.9 Å². The summed E-state index contributed by atoms with van der Waals surface area (Å²) in [5, 5.41) is 21.6. The summed E-state index contributed by atoms with van der Waals surface area (Å²) in [5.74, 6) is 0.179. The van der Waals surface area contributed by atoms with Gasteiger partial charge in [0.1, 0.15) is 5.69 Å². The van der Waals surface area contributed by atoms with Crippen LogP contribution in [0.15, 0.2) is 53.3 Å². The Morgan fingerprint density at radius 2 is 1.92 bits per heavy atom. The summed E-state index contributed by atoms with van der Waals surface area (Å²) >= 11 is 0. The summed E-state index contributed by atoms with van der Waals surface area (Å²) in [6.45, 7) is 1.73. The maximum Gasteiger partial charge on any atom is 0.274 e. The first kappa shape index (κ1) is 16.3. The fourth-order valence-corrected chi connectivity index (χ4v) is 2.35. The van der Waals surface area contributed by atoms with Crippen molar-refractivity contribution in [2.45, 2.75) is 13.3 Å². The third-order valence-electron chi connectivity index (χ3n) is 3.65. The molecule has 126 valence electrons. The van der Waals surface area contributed by atoms with Crippen molar-refractivity contribution in [1.29, 1.82) is 0 Å². The number of non-ortho nitro benzene ring substituents is 1. The van der Waals surface area contributed by atoms with Crippen molar-refractivity contribution in [3.05, 3.63) is 85.8 Å². The molecule has 0 radical (unpaired) electrons. The van der Waals surface area contributed by atoms with Crippen molar-refractivity contribution in [3.8, 4) is 0 Å². The maximum atomic E-state index is 12.2. The van der Waals surface area contributed by atoms with Crippen LogP contribution < -0.4 is 10.9 Å². The second-order valence-electron chi connectivity index (χ2n) is 5.49. The summed E-state index contributed by atoms with van der Waals surface area (Å²) in [7, 11) is 0. The van der Waals surface area contributed by atoms with Crippen molar-refractivity contribution in [3.63, 3.8) is 0 Å². The SMILES string of the molecule is Cc1cc([N+](=O)[O-])ccc1Nc1nnc(Cc2ccccc2)c(=O)[nH]1. The van der Waals surface area contributed by atoms with Crippen LogP contribution >= 0.6 is 0 Å². The Kier molecular flexibility index (Phi) is 4.51. The molecule has 8 nitrogen and oxygen atoms in total. The van der Waals surface area contributed by atoms with E-state index in [1.165, 1.54) is 12.1 Å². The summed E-state index contributed by atoms with van der Waals surface area (Å²) < 4.78 is 0. The Bertz CT molecular complexity index is 970. The Labute approximate surface area is 142 Å². The van der Waals surface area contributed by atoms with E-state index in [9.17, 15) is 14.9 Å². The molecule has 8 heteroatoms. The van der Waals surface area contributed by atoms with Crippen LogP contribution in [0.25, 0.3) is 0 Å². The minimum absolute atomic E-state index is 0.000775. The average molecular weight is 337 g/mol. The minimum atomic E-state index is -0.461. The van der Waals surface area contributed by atoms with Crippen LogP contribution in [0.2, 0.25) is 0 Å². The van der Waals surface area contributed by atoms with Crippen LogP contribution in [0.1, 0.15) is 16.8 Å². The van der Waals surface area contributed by atoms with Gasteiger partial charge in [0.15, 0.2) is 0 Å². The Morgan fingerprint density at radius 3 is 2.56 bits per heavy atom. The monoisotopic (exact) mass is 337 g/mol. The number of anilines is 2. The molecule has 3 rings (SSSR count). The fraction of sp³-hybridized carbons (Fsp3) is 0.118. The van der Waals surface area contributed by atoms with E-state index in [-0.39, 0.29) is 17.2 Å². The second kappa shape index (κ2) is 6.91. The van der Waals surface area contributed by atoms with E-state index >= 15 is 0 Å². The molecule has 0 saturated carbocycles. The number of aromatic nitrogens is 3. The Hall–Kier alpha value is -3.55. The van der Waals surface area contributed by atoms with Gasteiger partial charge in [0.25, 0.3) is 11.2 Å². The van der Waals surface area contributed by atoms with Gasteiger partial charge in [-0.15, -0.1) is 10.2 Å². The smallest absolute Gasteiger partial charge is 0.274 e. The molecule has 3 aromatic rings. The van der Waals surface area contributed by atoms with E-state index < -0.39 is 4.92 Å². The van der Waals surface area contributed by atoms with Crippen molar-refractivity contribution < 1.29 is 4.92 Å². The number of aryl methyl sites for hydroxylation is 1. The molecule has 0 unspecified atom stereocenters. The molecule has 25 heavy (non-hydrogen) atoms. The van der Waals surface area contributed by atoms with Crippen molar-refractivity contribution in [2.24, 2.45) is 0 Å². The molecule has 0 spiro atoms. The van der Waals surface area contributed by atoms with Crippen molar-refractivity contribution in [1.82, 2.24) is 15.2 Å². The highest BCUT2D eigenvalue weighted by Gasteiger charge is 2.10. The quantitative estimate of drug-likeness (QED) is 0.546.